The highest BCUT2D eigenvalue weighted by atomic mass is 31.2. The predicted octanol–water partition coefficient (Wildman–Crippen LogP) is 3.07. The molecule has 4 rings (SSSR count). The average molecular weight is 377 g/mol. The Bertz CT molecular complexity index is 700. The number of nitrogens with zero attached hydrogens (tertiary/aromatic N) is 6. The largest absolute Gasteiger partial charge is 0.451 e. The van der Waals surface area contributed by atoms with Crippen molar-refractivity contribution in [3.8, 4) is 0 Å². The zero-order chi connectivity index (χ0) is 18.0. The molecule has 2 aromatic rings. The Morgan fingerprint density at radius 3 is 2.12 bits per heavy atom. The summed E-state index contributed by atoms with van der Waals surface area (Å²) in [5.41, 5.74) is 1.83. The fourth-order valence-corrected chi connectivity index (χ4v) is 8.27. The van der Waals surface area contributed by atoms with Crippen LogP contribution in [0.3, 0.4) is 0 Å². The van der Waals surface area contributed by atoms with Crippen LogP contribution in [-0.2, 0) is 0 Å². The highest BCUT2D eigenvalue weighted by Crippen LogP contribution is 2.67. The first-order valence-corrected chi connectivity index (χ1v) is 11.5. The zero-order valence-electron chi connectivity index (χ0n) is 15.9. The van der Waals surface area contributed by atoms with Gasteiger partial charge in [-0.1, -0.05) is 12.1 Å². The van der Waals surface area contributed by atoms with Gasteiger partial charge in [0.15, 0.2) is 0 Å². The fraction of sp³-hybridized carbons (Fsp3) is 0.667. The smallest absolute Gasteiger partial charge is 0.183 e. The van der Waals surface area contributed by atoms with Gasteiger partial charge in [-0.3, -0.25) is 0 Å². The molecule has 1 aromatic heterocycles. The molecule has 0 saturated carbocycles. The molecule has 8 heteroatoms. The third-order valence-corrected chi connectivity index (χ3v) is 9.46. The maximum Gasteiger partial charge on any atom is 0.451 e. The van der Waals surface area contributed by atoms with E-state index in [9.17, 15) is 0 Å². The van der Waals surface area contributed by atoms with E-state index in [1.165, 1.54) is 25.7 Å². The van der Waals surface area contributed by atoms with Gasteiger partial charge in [0.1, 0.15) is 11.0 Å². The van der Waals surface area contributed by atoms with E-state index in [1.54, 1.807) is 4.85 Å². The lowest BCUT2D eigenvalue weighted by Crippen LogP contribution is -2.48. The summed E-state index contributed by atoms with van der Waals surface area (Å²) >= 11 is 0. The Labute approximate surface area is 156 Å². The zero-order valence-corrected chi connectivity index (χ0v) is 16.8. The van der Waals surface area contributed by atoms with Crippen LogP contribution in [0.2, 0.25) is 0 Å². The van der Waals surface area contributed by atoms with Crippen LogP contribution in [0.1, 0.15) is 39.5 Å². The average Bonchev–Trinajstić information content (AvgIpc) is 3.43. The summed E-state index contributed by atoms with van der Waals surface area (Å²) in [4.78, 5) is 1.69. The number of rotatable bonds is 7. The molecule has 26 heavy (non-hydrogen) atoms. The van der Waals surface area contributed by atoms with Gasteiger partial charge in [-0.15, -0.1) is 19.1 Å². The lowest BCUT2D eigenvalue weighted by Gasteiger charge is -2.40. The van der Waals surface area contributed by atoms with E-state index in [2.05, 4.69) is 38.2 Å². The van der Waals surface area contributed by atoms with E-state index in [1.807, 2.05) is 24.3 Å². The number of hydrogen-bond acceptors (Lipinski definition) is 6. The van der Waals surface area contributed by atoms with Crippen LogP contribution in [0.25, 0.3) is 11.0 Å². The summed E-state index contributed by atoms with van der Waals surface area (Å²) in [7, 11) is -2.13. The van der Waals surface area contributed by atoms with Crippen molar-refractivity contribution < 1.29 is 4.62 Å². The molecule has 2 aliphatic rings. The van der Waals surface area contributed by atoms with Crippen molar-refractivity contribution in [1.82, 2.24) is 29.2 Å². The van der Waals surface area contributed by atoms with E-state index in [0.717, 1.165) is 50.3 Å². The van der Waals surface area contributed by atoms with Gasteiger partial charge in [0.25, 0.3) is 0 Å². The number of para-hydroxylation sites is 1. The summed E-state index contributed by atoms with van der Waals surface area (Å²) in [5, 5.41) is 8.68. The van der Waals surface area contributed by atoms with Crippen LogP contribution in [0.5, 0.6) is 0 Å². The van der Waals surface area contributed by atoms with Gasteiger partial charge >= 0.3 is 7.94 Å². The van der Waals surface area contributed by atoms with Gasteiger partial charge < -0.3 is 0 Å². The molecule has 0 spiro atoms. The lowest BCUT2D eigenvalue weighted by molar-refractivity contribution is 0.165. The van der Waals surface area contributed by atoms with Gasteiger partial charge in [0.05, 0.1) is 0 Å². The topological polar surface area (TPSA) is 49.7 Å². The fourth-order valence-electron chi connectivity index (χ4n) is 4.22. The summed E-state index contributed by atoms with van der Waals surface area (Å²) in [5.74, 6) is 0. The van der Waals surface area contributed by atoms with E-state index in [-0.39, 0.29) is 0 Å². The second kappa shape index (κ2) is 7.77. The SMILES string of the molecule is CCN(CC)[P+](On1nnc2ccccc21)(N1CCCC1)N1CCCC1. The van der Waals surface area contributed by atoms with Crippen LogP contribution in [0, 0.1) is 0 Å². The highest BCUT2D eigenvalue weighted by Gasteiger charge is 2.62. The molecule has 0 atom stereocenters. The van der Waals surface area contributed by atoms with E-state index in [4.69, 9.17) is 4.62 Å². The van der Waals surface area contributed by atoms with Crippen LogP contribution in [0.15, 0.2) is 24.3 Å². The number of hydrogen-bond donors (Lipinski definition) is 0. The molecule has 2 fully saturated rings. The summed E-state index contributed by atoms with van der Waals surface area (Å²) in [6.07, 6.45) is 4.99. The molecule has 2 saturated heterocycles. The van der Waals surface area contributed by atoms with Gasteiger partial charge in [-0.05, 0) is 61.7 Å². The van der Waals surface area contributed by atoms with Crippen LogP contribution in [-0.4, -0.2) is 68.4 Å². The molecular weight excluding hydrogens is 347 g/mol. The van der Waals surface area contributed by atoms with Crippen molar-refractivity contribution in [2.75, 3.05) is 39.3 Å². The molecule has 1 aromatic carbocycles. The monoisotopic (exact) mass is 377 g/mol. The Kier molecular flexibility index (Phi) is 5.41. The molecule has 0 unspecified atom stereocenters. The van der Waals surface area contributed by atoms with Crippen molar-refractivity contribution in [2.45, 2.75) is 39.5 Å². The third kappa shape index (κ3) is 3.01. The molecule has 7 nitrogen and oxygen atoms in total. The Balaban J connectivity index is 1.79. The quantitative estimate of drug-likeness (QED) is 0.691. The molecule has 0 aliphatic carbocycles. The molecule has 0 N–H and O–H groups in total. The van der Waals surface area contributed by atoms with Crippen LogP contribution >= 0.6 is 7.94 Å². The number of benzene rings is 1. The molecular formula is C18H30N6OP+. The molecule has 0 radical (unpaired) electrons. The molecule has 0 bridgehead atoms. The van der Waals surface area contributed by atoms with Gasteiger partial charge in [0.2, 0.25) is 0 Å². The van der Waals surface area contributed by atoms with Gasteiger partial charge in [-0.25, -0.2) is 0 Å². The summed E-state index contributed by atoms with van der Waals surface area (Å²) < 4.78 is 14.7. The Morgan fingerprint density at radius 2 is 1.54 bits per heavy atom. The van der Waals surface area contributed by atoms with Gasteiger partial charge in [-0.2, -0.15) is 4.62 Å². The van der Waals surface area contributed by atoms with E-state index >= 15 is 0 Å². The minimum Gasteiger partial charge on any atom is -0.183 e. The van der Waals surface area contributed by atoms with Crippen LogP contribution < -0.4 is 4.62 Å². The predicted molar refractivity (Wildman–Crippen MR) is 106 cm³/mol. The number of aromatic nitrogens is 3. The normalized spacial score (nSPS) is 19.8. The minimum absolute atomic E-state index is 0.882. The van der Waals surface area contributed by atoms with Crippen LogP contribution in [0.4, 0.5) is 0 Å². The lowest BCUT2D eigenvalue weighted by atomic mass is 10.3. The van der Waals surface area contributed by atoms with Gasteiger partial charge in [0, 0.05) is 39.3 Å². The van der Waals surface area contributed by atoms with Crippen molar-refractivity contribution in [1.29, 1.82) is 0 Å². The second-order valence-electron chi connectivity index (χ2n) is 7.01. The Morgan fingerprint density at radius 1 is 0.962 bits per heavy atom. The first-order valence-electron chi connectivity index (χ1n) is 9.95. The summed E-state index contributed by atoms with van der Waals surface area (Å²) in [6, 6.07) is 8.05. The first-order chi connectivity index (χ1) is 12.8. The minimum atomic E-state index is -2.13. The number of fused-ring (bicyclic) bond motifs is 1. The standard InChI is InChI=1S/C18H30N6OP/c1-3-21(4-2)26(22-13-7-8-14-22,23-15-9-10-16-23)25-24-18-12-6-5-11-17(18)19-20-24/h5-6,11-12H,3-4,7-10,13-16H2,1-2H3/q+1. The maximum absolute atomic E-state index is 6.90. The third-order valence-electron chi connectivity index (χ3n) is 5.51. The van der Waals surface area contributed by atoms with Crippen molar-refractivity contribution in [3.63, 3.8) is 0 Å². The molecule has 0 amide bonds. The van der Waals surface area contributed by atoms with E-state index in [0.29, 0.717) is 0 Å². The maximum atomic E-state index is 6.90. The molecule has 142 valence electrons. The molecule has 2 aliphatic heterocycles. The Hall–Kier alpha value is -1.27. The molecule has 3 heterocycles. The highest BCUT2D eigenvalue weighted by molar-refractivity contribution is 7.64. The van der Waals surface area contributed by atoms with Crippen molar-refractivity contribution >= 4 is 19.0 Å². The van der Waals surface area contributed by atoms with Crippen molar-refractivity contribution in [3.05, 3.63) is 24.3 Å². The first kappa shape index (κ1) is 18.1. The van der Waals surface area contributed by atoms with Crippen molar-refractivity contribution in [2.24, 2.45) is 0 Å². The second-order valence-corrected chi connectivity index (χ2v) is 9.89. The summed E-state index contributed by atoms with van der Waals surface area (Å²) in [6.45, 7) is 10.9. The van der Waals surface area contributed by atoms with E-state index < -0.39 is 7.94 Å².